The molecule has 212 valence electrons. The summed E-state index contributed by atoms with van der Waals surface area (Å²) in [4.78, 5) is 22.2. The van der Waals surface area contributed by atoms with Crippen molar-refractivity contribution >= 4 is 37.7 Å². The van der Waals surface area contributed by atoms with Gasteiger partial charge in [-0.25, -0.2) is 13.4 Å². The van der Waals surface area contributed by atoms with E-state index in [4.69, 9.17) is 0 Å². The van der Waals surface area contributed by atoms with E-state index in [0.717, 1.165) is 69.4 Å². The van der Waals surface area contributed by atoms with Crippen LogP contribution in [0.1, 0.15) is 86.7 Å². The molecule has 1 fully saturated rings. The van der Waals surface area contributed by atoms with Crippen LogP contribution in [-0.4, -0.2) is 36.1 Å². The molecule has 0 spiro atoms. The number of hydrogen-bond donors (Lipinski definition) is 2. The normalized spacial score (nSPS) is 18.2. The first-order chi connectivity index (χ1) is 19.2. The lowest BCUT2D eigenvalue weighted by Crippen LogP contribution is -2.35. The van der Waals surface area contributed by atoms with E-state index >= 15 is 0 Å². The van der Waals surface area contributed by atoms with Crippen LogP contribution in [-0.2, 0) is 9.84 Å². The van der Waals surface area contributed by atoms with E-state index in [9.17, 15) is 13.2 Å². The van der Waals surface area contributed by atoms with Crippen LogP contribution in [0.5, 0.6) is 0 Å². The largest absolute Gasteiger partial charge is 0.349 e. The van der Waals surface area contributed by atoms with Crippen molar-refractivity contribution in [1.82, 2.24) is 15.3 Å². The Bertz CT molecular complexity index is 1650. The van der Waals surface area contributed by atoms with E-state index in [1.54, 1.807) is 25.1 Å². The van der Waals surface area contributed by atoms with Crippen LogP contribution < -0.4 is 5.32 Å². The van der Waals surface area contributed by atoms with Gasteiger partial charge in [-0.3, -0.25) is 4.79 Å². The van der Waals surface area contributed by atoms with Crippen molar-refractivity contribution in [2.45, 2.75) is 90.0 Å². The maximum absolute atomic E-state index is 13.8. The number of hydrogen-bond acceptors (Lipinski definition) is 4. The number of rotatable bonds is 8. The Balaban J connectivity index is 1.58. The van der Waals surface area contributed by atoms with Gasteiger partial charge in [0.1, 0.15) is 5.65 Å². The fourth-order valence-electron chi connectivity index (χ4n) is 6.25. The summed E-state index contributed by atoms with van der Waals surface area (Å²) in [6.45, 7) is 7.89. The third-order valence-corrected chi connectivity index (χ3v) is 10.4. The third-order valence-electron chi connectivity index (χ3n) is 8.64. The number of nitrogens with one attached hydrogen (secondary N) is 2. The molecule has 0 bridgehead atoms. The Morgan fingerprint density at radius 1 is 1.07 bits per heavy atom. The van der Waals surface area contributed by atoms with Gasteiger partial charge in [-0.15, -0.1) is 0 Å². The highest BCUT2D eigenvalue weighted by molar-refractivity contribution is 7.91. The first-order valence-electron chi connectivity index (χ1n) is 14.8. The highest BCUT2D eigenvalue weighted by Crippen LogP contribution is 2.38. The Morgan fingerprint density at radius 2 is 1.90 bits per heavy atom. The van der Waals surface area contributed by atoms with E-state index in [2.05, 4.69) is 28.3 Å². The number of unbranched alkanes of at least 4 members (excludes halogenated alkanes) is 1. The van der Waals surface area contributed by atoms with Crippen LogP contribution in [0, 0.1) is 19.8 Å². The molecule has 1 aliphatic rings. The number of amides is 1. The van der Waals surface area contributed by atoms with Gasteiger partial charge in [0.2, 0.25) is 0 Å². The lowest BCUT2D eigenvalue weighted by atomic mass is 9.93. The van der Waals surface area contributed by atoms with E-state index in [-0.39, 0.29) is 22.6 Å². The third kappa shape index (κ3) is 5.67. The van der Waals surface area contributed by atoms with Crippen molar-refractivity contribution in [3.63, 3.8) is 0 Å². The van der Waals surface area contributed by atoms with Crippen molar-refractivity contribution in [2.24, 2.45) is 5.92 Å². The number of aromatic amines is 1. The Labute approximate surface area is 237 Å². The summed E-state index contributed by atoms with van der Waals surface area (Å²) >= 11 is 0. The molecule has 7 heteroatoms. The Hall–Kier alpha value is -3.19. The number of benzene rings is 2. The van der Waals surface area contributed by atoms with E-state index in [1.807, 2.05) is 32.2 Å². The van der Waals surface area contributed by atoms with Crippen LogP contribution in [0.3, 0.4) is 0 Å². The van der Waals surface area contributed by atoms with Crippen LogP contribution in [0.2, 0.25) is 0 Å². The molecule has 1 amide bonds. The molecular formula is C33H41N3O3S. The van der Waals surface area contributed by atoms with Gasteiger partial charge in [0.25, 0.3) is 5.91 Å². The minimum atomic E-state index is -3.39. The second-order valence-electron chi connectivity index (χ2n) is 11.5. The van der Waals surface area contributed by atoms with Crippen LogP contribution >= 0.6 is 0 Å². The zero-order chi connectivity index (χ0) is 28.4. The standard InChI is InChI=1S/C33H41N3O3S/c1-5-7-10-23-11-8-13-25(16-15-23)35-33(37)27-19-28(24-12-9-14-26(18-24)40(38,39)6-2)30-29-17-21(3)20-34-32(29)36-31(30)22(27)4/h9,12,14,17-20,23,25H,5-8,10-11,13,15-16H2,1-4H3,(H,34,36)(H,35,37). The first kappa shape index (κ1) is 28.3. The predicted molar refractivity (Wildman–Crippen MR) is 164 cm³/mol. The molecule has 0 aliphatic heterocycles. The number of sulfone groups is 1. The van der Waals surface area contributed by atoms with Gasteiger partial charge >= 0.3 is 0 Å². The molecule has 6 nitrogen and oxygen atoms in total. The Kier molecular flexibility index (Phi) is 8.31. The second kappa shape index (κ2) is 11.7. The van der Waals surface area contributed by atoms with Crippen molar-refractivity contribution in [3.05, 3.63) is 59.3 Å². The highest BCUT2D eigenvalue weighted by atomic mass is 32.2. The van der Waals surface area contributed by atoms with E-state index in [0.29, 0.717) is 5.56 Å². The van der Waals surface area contributed by atoms with Gasteiger partial charge in [0, 0.05) is 28.6 Å². The molecule has 2 N–H and O–H groups in total. The highest BCUT2D eigenvalue weighted by Gasteiger charge is 2.24. The quantitative estimate of drug-likeness (QED) is 0.217. The molecular weight excluding hydrogens is 518 g/mol. The van der Waals surface area contributed by atoms with Gasteiger partial charge in [-0.05, 0) is 85.5 Å². The Morgan fingerprint density at radius 3 is 2.67 bits per heavy atom. The monoisotopic (exact) mass is 559 g/mol. The van der Waals surface area contributed by atoms with Crippen molar-refractivity contribution < 1.29 is 13.2 Å². The van der Waals surface area contributed by atoms with Gasteiger partial charge in [0.05, 0.1) is 16.2 Å². The van der Waals surface area contributed by atoms with Crippen molar-refractivity contribution in [2.75, 3.05) is 5.75 Å². The zero-order valence-electron chi connectivity index (χ0n) is 24.1. The minimum absolute atomic E-state index is 0.0321. The van der Waals surface area contributed by atoms with Crippen LogP contribution in [0.15, 0.2) is 47.5 Å². The summed E-state index contributed by atoms with van der Waals surface area (Å²) in [6, 6.07) is 11.3. The number of aryl methyl sites for hydroxylation is 2. The van der Waals surface area contributed by atoms with Gasteiger partial charge in [-0.2, -0.15) is 0 Å². The maximum Gasteiger partial charge on any atom is 0.251 e. The van der Waals surface area contributed by atoms with Gasteiger partial charge in [-0.1, -0.05) is 58.1 Å². The van der Waals surface area contributed by atoms with Crippen molar-refractivity contribution in [1.29, 1.82) is 0 Å². The molecule has 0 saturated heterocycles. The average Bonchev–Trinajstić information content (AvgIpc) is 3.18. The van der Waals surface area contributed by atoms with E-state index < -0.39 is 9.84 Å². The summed E-state index contributed by atoms with van der Waals surface area (Å²) in [5.74, 6) is 0.725. The molecule has 2 atom stereocenters. The minimum Gasteiger partial charge on any atom is -0.349 e. The SMILES string of the molecule is CCCCC1CCCC(NC(=O)c2cc(-c3cccc(S(=O)(=O)CC)c3)c3c([nH]c4ncc(C)cc43)c2C)CC1. The molecule has 2 heterocycles. The molecule has 2 unspecified atom stereocenters. The summed E-state index contributed by atoms with van der Waals surface area (Å²) in [7, 11) is -3.39. The zero-order valence-corrected chi connectivity index (χ0v) is 25.0. The van der Waals surface area contributed by atoms with Crippen molar-refractivity contribution in [3.8, 4) is 11.1 Å². The topological polar surface area (TPSA) is 91.9 Å². The van der Waals surface area contributed by atoms with E-state index in [1.165, 1.54) is 32.1 Å². The molecule has 5 rings (SSSR count). The fraction of sp³-hybridized carbons (Fsp3) is 0.455. The first-order valence-corrected chi connectivity index (χ1v) is 16.4. The lowest BCUT2D eigenvalue weighted by molar-refractivity contribution is 0.0932. The predicted octanol–water partition coefficient (Wildman–Crippen LogP) is 7.66. The summed E-state index contributed by atoms with van der Waals surface area (Å²) < 4.78 is 25.5. The number of H-pyrrole nitrogens is 1. The number of aromatic nitrogens is 2. The number of carbonyl (C=O) groups is 1. The summed E-state index contributed by atoms with van der Waals surface area (Å²) in [6.07, 6.45) is 11.2. The molecule has 4 aromatic rings. The molecule has 0 radical (unpaired) electrons. The molecule has 2 aromatic heterocycles. The smallest absolute Gasteiger partial charge is 0.251 e. The average molecular weight is 560 g/mol. The molecule has 1 saturated carbocycles. The molecule has 2 aromatic carbocycles. The number of nitrogens with zero attached hydrogens (tertiary/aromatic N) is 1. The summed E-state index contributed by atoms with van der Waals surface area (Å²) in [5.41, 5.74) is 5.73. The lowest BCUT2D eigenvalue weighted by Gasteiger charge is -2.19. The number of fused-ring (bicyclic) bond motifs is 3. The molecule has 40 heavy (non-hydrogen) atoms. The maximum atomic E-state index is 13.8. The fourth-order valence-corrected chi connectivity index (χ4v) is 7.18. The van der Waals surface area contributed by atoms with Crippen LogP contribution in [0.25, 0.3) is 33.1 Å². The van der Waals surface area contributed by atoms with Crippen LogP contribution in [0.4, 0.5) is 0 Å². The second-order valence-corrected chi connectivity index (χ2v) is 13.8. The summed E-state index contributed by atoms with van der Waals surface area (Å²) in [5, 5.41) is 5.28. The number of pyridine rings is 1. The molecule has 1 aliphatic carbocycles. The number of carbonyl (C=O) groups excluding carboxylic acids is 1. The van der Waals surface area contributed by atoms with Gasteiger partial charge < -0.3 is 10.3 Å². The van der Waals surface area contributed by atoms with Gasteiger partial charge in [0.15, 0.2) is 9.84 Å².